The van der Waals surface area contributed by atoms with Crippen molar-refractivity contribution in [3.8, 4) is 0 Å². The Balaban J connectivity index is 2.07. The fourth-order valence-corrected chi connectivity index (χ4v) is 1.54. The Hall–Kier alpha value is -0.190. The van der Waals surface area contributed by atoms with E-state index in [1.54, 1.807) is 0 Å². The minimum Gasteiger partial charge on any atom is -0.379 e. The molecule has 0 spiro atoms. The molecule has 3 nitrogen and oxygen atoms in total. The van der Waals surface area contributed by atoms with Crippen LogP contribution in [0.2, 0.25) is 0 Å². The maximum Gasteiger partial charge on any atom is 0.102 e. The molecule has 1 rings (SSSR count). The Morgan fingerprint density at radius 2 is 2.15 bits per heavy atom. The van der Waals surface area contributed by atoms with Gasteiger partial charge in [0, 0.05) is 32.2 Å². The lowest BCUT2D eigenvalue weighted by Crippen LogP contribution is -2.44. The van der Waals surface area contributed by atoms with E-state index in [2.05, 4.69) is 17.1 Å². The summed E-state index contributed by atoms with van der Waals surface area (Å²) in [7, 11) is 0. The highest BCUT2D eigenvalue weighted by Crippen LogP contribution is 1.97. The molecule has 1 aliphatic heterocycles. The Kier molecular flexibility index (Phi) is 5.27. The SMILES string of the molecule is CC(CN1CCOCC1)NCCF. The van der Waals surface area contributed by atoms with Crippen molar-refractivity contribution in [1.29, 1.82) is 0 Å². The standard InChI is InChI=1S/C9H19FN2O/c1-9(11-3-2-10)8-12-4-6-13-7-5-12/h9,11H,2-8H2,1H3. The zero-order chi connectivity index (χ0) is 9.52. The molecule has 13 heavy (non-hydrogen) atoms. The summed E-state index contributed by atoms with van der Waals surface area (Å²) in [6.07, 6.45) is 0. The minimum atomic E-state index is -0.284. The second kappa shape index (κ2) is 6.29. The fraction of sp³-hybridized carbons (Fsp3) is 1.00. The summed E-state index contributed by atoms with van der Waals surface area (Å²) in [6, 6.07) is 0.369. The molecule has 1 aliphatic rings. The van der Waals surface area contributed by atoms with Crippen LogP contribution in [0.5, 0.6) is 0 Å². The smallest absolute Gasteiger partial charge is 0.102 e. The third-order valence-electron chi connectivity index (χ3n) is 2.22. The normalized spacial score (nSPS) is 21.7. The maximum atomic E-state index is 11.8. The third kappa shape index (κ3) is 4.55. The number of nitrogens with one attached hydrogen (secondary N) is 1. The van der Waals surface area contributed by atoms with E-state index in [-0.39, 0.29) is 6.67 Å². The molecule has 0 saturated carbocycles. The molecule has 0 amide bonds. The van der Waals surface area contributed by atoms with Crippen molar-refractivity contribution in [2.75, 3.05) is 46.1 Å². The minimum absolute atomic E-state index is 0.284. The summed E-state index contributed by atoms with van der Waals surface area (Å²) < 4.78 is 17.1. The average molecular weight is 190 g/mol. The van der Waals surface area contributed by atoms with E-state index >= 15 is 0 Å². The number of hydrogen-bond acceptors (Lipinski definition) is 3. The van der Waals surface area contributed by atoms with Gasteiger partial charge in [-0.1, -0.05) is 0 Å². The molecule has 4 heteroatoms. The summed E-state index contributed by atoms with van der Waals surface area (Å²) in [4.78, 5) is 2.35. The van der Waals surface area contributed by atoms with Gasteiger partial charge in [-0.15, -0.1) is 0 Å². The molecule has 0 aromatic heterocycles. The highest BCUT2D eigenvalue weighted by atomic mass is 19.1. The summed E-state index contributed by atoms with van der Waals surface area (Å²) in [6.45, 7) is 6.92. The molecule has 1 atom stereocenters. The van der Waals surface area contributed by atoms with E-state index in [1.807, 2.05) is 0 Å². The fourth-order valence-electron chi connectivity index (χ4n) is 1.54. The molecule has 1 saturated heterocycles. The maximum absolute atomic E-state index is 11.8. The molecule has 1 heterocycles. The predicted molar refractivity (Wildman–Crippen MR) is 50.7 cm³/mol. The molecule has 1 fully saturated rings. The van der Waals surface area contributed by atoms with Gasteiger partial charge in [-0.05, 0) is 6.92 Å². The van der Waals surface area contributed by atoms with Gasteiger partial charge in [0.1, 0.15) is 6.67 Å². The lowest BCUT2D eigenvalue weighted by Gasteiger charge is -2.29. The van der Waals surface area contributed by atoms with Gasteiger partial charge in [-0.2, -0.15) is 0 Å². The lowest BCUT2D eigenvalue weighted by molar-refractivity contribution is 0.0343. The number of rotatable bonds is 5. The van der Waals surface area contributed by atoms with Crippen LogP contribution in [0.1, 0.15) is 6.92 Å². The number of alkyl halides is 1. The molecule has 0 bridgehead atoms. The zero-order valence-electron chi connectivity index (χ0n) is 8.26. The van der Waals surface area contributed by atoms with Crippen molar-refractivity contribution in [2.45, 2.75) is 13.0 Å². The van der Waals surface area contributed by atoms with Gasteiger partial charge in [0.05, 0.1) is 13.2 Å². The average Bonchev–Trinajstić information content (AvgIpc) is 2.16. The van der Waals surface area contributed by atoms with E-state index in [9.17, 15) is 4.39 Å². The van der Waals surface area contributed by atoms with Crippen LogP contribution in [0, 0.1) is 0 Å². The van der Waals surface area contributed by atoms with Crippen molar-refractivity contribution in [1.82, 2.24) is 10.2 Å². The Bertz CT molecular complexity index is 129. The molecular weight excluding hydrogens is 171 g/mol. The zero-order valence-corrected chi connectivity index (χ0v) is 8.26. The van der Waals surface area contributed by atoms with Crippen molar-refractivity contribution < 1.29 is 9.13 Å². The molecule has 0 aromatic carbocycles. The van der Waals surface area contributed by atoms with E-state index in [0.29, 0.717) is 12.6 Å². The molecule has 78 valence electrons. The number of nitrogens with zero attached hydrogens (tertiary/aromatic N) is 1. The Labute approximate surface area is 79.2 Å². The van der Waals surface area contributed by atoms with Crippen LogP contribution in [0.25, 0.3) is 0 Å². The first-order chi connectivity index (χ1) is 6.33. The van der Waals surface area contributed by atoms with Crippen LogP contribution in [-0.4, -0.2) is 57.0 Å². The van der Waals surface area contributed by atoms with Crippen LogP contribution < -0.4 is 5.32 Å². The van der Waals surface area contributed by atoms with Gasteiger partial charge in [0.2, 0.25) is 0 Å². The Morgan fingerprint density at radius 1 is 1.46 bits per heavy atom. The molecule has 1 unspecified atom stereocenters. The molecular formula is C9H19FN2O. The molecule has 0 aromatic rings. The summed E-state index contributed by atoms with van der Waals surface area (Å²) in [5.41, 5.74) is 0. The van der Waals surface area contributed by atoms with Crippen LogP contribution in [0.3, 0.4) is 0 Å². The third-order valence-corrected chi connectivity index (χ3v) is 2.22. The molecule has 0 aliphatic carbocycles. The van der Waals surface area contributed by atoms with Gasteiger partial charge in [0.25, 0.3) is 0 Å². The first-order valence-electron chi connectivity index (χ1n) is 4.92. The second-order valence-electron chi connectivity index (χ2n) is 3.46. The quantitative estimate of drug-likeness (QED) is 0.673. The molecule has 0 radical (unpaired) electrons. The summed E-state index contributed by atoms with van der Waals surface area (Å²) >= 11 is 0. The Morgan fingerprint density at radius 3 is 2.77 bits per heavy atom. The summed E-state index contributed by atoms with van der Waals surface area (Å²) in [5, 5.41) is 3.12. The largest absolute Gasteiger partial charge is 0.379 e. The number of halogens is 1. The number of ether oxygens (including phenoxy) is 1. The second-order valence-corrected chi connectivity index (χ2v) is 3.46. The lowest BCUT2D eigenvalue weighted by atomic mass is 10.3. The monoisotopic (exact) mass is 190 g/mol. The van der Waals surface area contributed by atoms with E-state index in [0.717, 1.165) is 32.8 Å². The molecule has 1 N–H and O–H groups in total. The topological polar surface area (TPSA) is 24.5 Å². The van der Waals surface area contributed by atoms with Crippen LogP contribution >= 0.6 is 0 Å². The predicted octanol–water partition coefficient (Wildman–Crippen LogP) is 0.266. The van der Waals surface area contributed by atoms with E-state index in [1.165, 1.54) is 0 Å². The van der Waals surface area contributed by atoms with Crippen molar-refractivity contribution in [2.24, 2.45) is 0 Å². The highest BCUT2D eigenvalue weighted by Gasteiger charge is 2.12. The number of hydrogen-bond donors (Lipinski definition) is 1. The summed E-state index contributed by atoms with van der Waals surface area (Å²) in [5.74, 6) is 0. The highest BCUT2D eigenvalue weighted by molar-refractivity contribution is 4.69. The van der Waals surface area contributed by atoms with E-state index in [4.69, 9.17) is 4.74 Å². The van der Waals surface area contributed by atoms with Gasteiger partial charge < -0.3 is 10.1 Å². The van der Waals surface area contributed by atoms with Crippen LogP contribution in [-0.2, 0) is 4.74 Å². The van der Waals surface area contributed by atoms with Crippen molar-refractivity contribution in [3.05, 3.63) is 0 Å². The van der Waals surface area contributed by atoms with Crippen LogP contribution in [0.15, 0.2) is 0 Å². The first kappa shape index (κ1) is 10.9. The van der Waals surface area contributed by atoms with Crippen LogP contribution in [0.4, 0.5) is 4.39 Å². The van der Waals surface area contributed by atoms with Crippen molar-refractivity contribution in [3.63, 3.8) is 0 Å². The first-order valence-corrected chi connectivity index (χ1v) is 4.92. The van der Waals surface area contributed by atoms with Gasteiger partial charge >= 0.3 is 0 Å². The van der Waals surface area contributed by atoms with E-state index < -0.39 is 0 Å². The number of morpholine rings is 1. The van der Waals surface area contributed by atoms with Gasteiger partial charge in [-0.3, -0.25) is 4.90 Å². The van der Waals surface area contributed by atoms with Gasteiger partial charge in [0.15, 0.2) is 0 Å². The van der Waals surface area contributed by atoms with Crippen molar-refractivity contribution >= 4 is 0 Å². The van der Waals surface area contributed by atoms with Gasteiger partial charge in [-0.25, -0.2) is 4.39 Å².